The lowest BCUT2D eigenvalue weighted by Gasteiger charge is -2.31. The second-order valence-corrected chi connectivity index (χ2v) is 6.52. The fourth-order valence-corrected chi connectivity index (χ4v) is 2.72. The molecule has 0 saturated carbocycles. The van der Waals surface area contributed by atoms with Gasteiger partial charge >= 0.3 is 5.00 Å². The number of rotatable bonds is 8. The van der Waals surface area contributed by atoms with Gasteiger partial charge in [0.15, 0.2) is 0 Å². The predicted octanol–water partition coefficient (Wildman–Crippen LogP) is 2.85. The molecule has 19 heavy (non-hydrogen) atoms. The highest BCUT2D eigenvalue weighted by atomic mass is 32.1. The van der Waals surface area contributed by atoms with Crippen LogP contribution in [0.2, 0.25) is 0 Å². The summed E-state index contributed by atoms with van der Waals surface area (Å²) in [5, 5.41) is 12.8. The van der Waals surface area contributed by atoms with E-state index in [0.717, 1.165) is 31.6 Å². The van der Waals surface area contributed by atoms with Crippen molar-refractivity contribution in [2.45, 2.75) is 33.7 Å². The van der Waals surface area contributed by atoms with Crippen molar-refractivity contribution in [3.63, 3.8) is 0 Å². The lowest BCUT2D eigenvalue weighted by atomic mass is 9.93. The van der Waals surface area contributed by atoms with Gasteiger partial charge in [0.25, 0.3) is 0 Å². The molecule has 0 aliphatic heterocycles. The summed E-state index contributed by atoms with van der Waals surface area (Å²) in [7, 11) is 0. The molecule has 108 valence electrons. The second kappa shape index (κ2) is 6.98. The van der Waals surface area contributed by atoms with E-state index in [1.807, 2.05) is 5.38 Å². The van der Waals surface area contributed by atoms with Gasteiger partial charge in [-0.15, -0.1) is 0 Å². The first-order valence-electron chi connectivity index (χ1n) is 6.52. The Morgan fingerprint density at radius 3 is 2.68 bits per heavy atom. The molecule has 0 aliphatic rings. The fraction of sp³-hybridized carbons (Fsp3) is 0.692. The van der Waals surface area contributed by atoms with E-state index in [1.165, 1.54) is 11.3 Å². The highest BCUT2D eigenvalue weighted by Gasteiger charge is 2.21. The number of nitro groups is 1. The smallest absolute Gasteiger partial charge is 0.324 e. The fourth-order valence-electron chi connectivity index (χ4n) is 2.00. The Morgan fingerprint density at radius 2 is 2.21 bits per heavy atom. The van der Waals surface area contributed by atoms with E-state index in [-0.39, 0.29) is 15.3 Å². The van der Waals surface area contributed by atoms with E-state index in [9.17, 15) is 10.1 Å². The van der Waals surface area contributed by atoms with Crippen molar-refractivity contribution in [1.29, 1.82) is 0 Å². The number of hydrogen-bond donors (Lipinski definition) is 1. The van der Waals surface area contributed by atoms with Crippen LogP contribution in [0.3, 0.4) is 0 Å². The molecule has 0 spiro atoms. The van der Waals surface area contributed by atoms with E-state index in [0.29, 0.717) is 6.54 Å². The molecular weight excluding hydrogens is 262 g/mol. The lowest BCUT2D eigenvalue weighted by Crippen LogP contribution is -2.38. The molecule has 1 heterocycles. The zero-order valence-corrected chi connectivity index (χ0v) is 12.7. The molecule has 0 atom stereocenters. The van der Waals surface area contributed by atoms with Crippen molar-refractivity contribution in [2.24, 2.45) is 11.1 Å². The van der Waals surface area contributed by atoms with Crippen molar-refractivity contribution < 1.29 is 4.92 Å². The summed E-state index contributed by atoms with van der Waals surface area (Å²) in [6, 6.07) is 1.67. The van der Waals surface area contributed by atoms with Crippen LogP contribution in [0.1, 0.15) is 32.8 Å². The number of nitrogens with zero attached hydrogens (tertiary/aromatic N) is 2. The van der Waals surface area contributed by atoms with Crippen molar-refractivity contribution in [1.82, 2.24) is 4.90 Å². The molecular formula is C13H23N3O2S. The highest BCUT2D eigenvalue weighted by molar-refractivity contribution is 7.13. The normalized spacial score (nSPS) is 12.1. The van der Waals surface area contributed by atoms with Crippen molar-refractivity contribution >= 4 is 16.3 Å². The maximum atomic E-state index is 10.7. The highest BCUT2D eigenvalue weighted by Crippen LogP contribution is 2.24. The van der Waals surface area contributed by atoms with Gasteiger partial charge in [0.05, 0.1) is 4.92 Å². The molecule has 0 amide bonds. The summed E-state index contributed by atoms with van der Waals surface area (Å²) in [5.41, 5.74) is 6.85. The average Bonchev–Trinajstić information content (AvgIpc) is 2.77. The van der Waals surface area contributed by atoms with Crippen LogP contribution in [-0.2, 0) is 6.54 Å². The van der Waals surface area contributed by atoms with Gasteiger partial charge in [0.2, 0.25) is 0 Å². The quantitative estimate of drug-likeness (QED) is 0.589. The first kappa shape index (κ1) is 16.1. The second-order valence-electron chi connectivity index (χ2n) is 5.63. The molecule has 1 aromatic heterocycles. The van der Waals surface area contributed by atoms with Gasteiger partial charge < -0.3 is 5.73 Å². The maximum absolute atomic E-state index is 10.7. The minimum Gasteiger partial charge on any atom is -0.330 e. The van der Waals surface area contributed by atoms with Gasteiger partial charge in [-0.25, -0.2) is 0 Å². The number of hydrogen-bond acceptors (Lipinski definition) is 5. The Hall–Kier alpha value is -0.980. The van der Waals surface area contributed by atoms with E-state index in [4.69, 9.17) is 5.73 Å². The Balaban J connectivity index is 2.69. The molecule has 1 aromatic rings. The minimum absolute atomic E-state index is 0.0666. The first-order valence-corrected chi connectivity index (χ1v) is 7.40. The largest absolute Gasteiger partial charge is 0.330 e. The minimum atomic E-state index is -0.331. The summed E-state index contributed by atoms with van der Waals surface area (Å²) >= 11 is 1.19. The van der Waals surface area contributed by atoms with Gasteiger partial charge in [-0.1, -0.05) is 32.1 Å². The van der Waals surface area contributed by atoms with E-state index >= 15 is 0 Å². The molecule has 0 radical (unpaired) electrons. The molecule has 0 bridgehead atoms. The topological polar surface area (TPSA) is 72.4 Å². The third-order valence-corrected chi connectivity index (χ3v) is 3.90. The van der Waals surface area contributed by atoms with Crippen LogP contribution in [0, 0.1) is 15.5 Å². The van der Waals surface area contributed by atoms with Crippen molar-refractivity contribution in [3.05, 3.63) is 27.1 Å². The molecule has 0 aromatic carbocycles. The number of thiophene rings is 1. The van der Waals surface area contributed by atoms with Gasteiger partial charge in [0.1, 0.15) is 0 Å². The summed E-state index contributed by atoms with van der Waals surface area (Å²) < 4.78 is 0. The average molecular weight is 285 g/mol. The van der Waals surface area contributed by atoms with Crippen LogP contribution >= 0.6 is 11.3 Å². The summed E-state index contributed by atoms with van der Waals surface area (Å²) in [4.78, 5) is 12.7. The van der Waals surface area contributed by atoms with Crippen LogP contribution in [0.25, 0.3) is 0 Å². The summed E-state index contributed by atoms with van der Waals surface area (Å²) in [6.45, 7) is 9.70. The number of nitrogens with two attached hydrogens (primary N) is 1. The molecule has 0 aliphatic carbocycles. The van der Waals surface area contributed by atoms with Crippen LogP contribution in [-0.4, -0.2) is 29.5 Å². The molecule has 0 fully saturated rings. The van der Waals surface area contributed by atoms with Gasteiger partial charge in [-0.05, 0) is 30.5 Å². The van der Waals surface area contributed by atoms with E-state index in [2.05, 4.69) is 25.7 Å². The van der Waals surface area contributed by atoms with Crippen LogP contribution in [0.15, 0.2) is 11.4 Å². The van der Waals surface area contributed by atoms with Crippen molar-refractivity contribution in [3.8, 4) is 0 Å². The molecule has 6 heteroatoms. The summed E-state index contributed by atoms with van der Waals surface area (Å²) in [6.07, 6.45) is 1.06. The zero-order valence-electron chi connectivity index (χ0n) is 11.9. The van der Waals surface area contributed by atoms with E-state index in [1.54, 1.807) is 6.07 Å². The third-order valence-electron chi connectivity index (χ3n) is 2.97. The Bertz CT molecular complexity index is 418. The first-order chi connectivity index (χ1) is 8.88. The summed E-state index contributed by atoms with van der Waals surface area (Å²) in [5.74, 6) is 0. The SMILES string of the molecule is CCCN(Cc1csc([N+](=O)[O-])c1)CC(C)(C)CN. The monoisotopic (exact) mass is 285 g/mol. The van der Waals surface area contributed by atoms with Crippen LogP contribution in [0.5, 0.6) is 0 Å². The molecule has 2 N–H and O–H groups in total. The standard InChI is InChI=1S/C13H23N3O2S/c1-4-5-15(10-13(2,3)9-14)7-11-6-12(16(17)18)19-8-11/h6,8H,4-5,7,9-10,14H2,1-3H3. The molecule has 5 nitrogen and oxygen atoms in total. The zero-order chi connectivity index (χ0) is 14.5. The van der Waals surface area contributed by atoms with Crippen LogP contribution < -0.4 is 5.73 Å². The lowest BCUT2D eigenvalue weighted by molar-refractivity contribution is -0.380. The third kappa shape index (κ3) is 5.26. The predicted molar refractivity (Wildman–Crippen MR) is 79.4 cm³/mol. The van der Waals surface area contributed by atoms with Crippen molar-refractivity contribution in [2.75, 3.05) is 19.6 Å². The molecule has 0 saturated heterocycles. The molecule has 0 unspecified atom stereocenters. The van der Waals surface area contributed by atoms with Crippen LogP contribution in [0.4, 0.5) is 5.00 Å². The Labute approximate surface area is 118 Å². The molecule has 1 rings (SSSR count). The van der Waals surface area contributed by atoms with Gasteiger partial charge in [-0.2, -0.15) is 0 Å². The maximum Gasteiger partial charge on any atom is 0.324 e. The van der Waals surface area contributed by atoms with E-state index < -0.39 is 0 Å². The Morgan fingerprint density at radius 1 is 1.53 bits per heavy atom. The Kier molecular flexibility index (Phi) is 5.90. The van der Waals surface area contributed by atoms with Gasteiger partial charge in [0, 0.05) is 24.5 Å². The van der Waals surface area contributed by atoms with Gasteiger partial charge in [-0.3, -0.25) is 15.0 Å².